The molecule has 0 saturated carbocycles. The first-order valence-corrected chi connectivity index (χ1v) is 8.27. The fourth-order valence-corrected chi connectivity index (χ4v) is 2.72. The van der Waals surface area contributed by atoms with E-state index in [0.29, 0.717) is 5.56 Å². The smallest absolute Gasteiger partial charge is 0.368 e. The second-order valence-electron chi connectivity index (χ2n) is 5.92. The molecular formula is C17H13ClF3N5O2. The lowest BCUT2D eigenvalue weighted by Crippen LogP contribution is -2.33. The molecule has 1 aromatic carbocycles. The summed E-state index contributed by atoms with van der Waals surface area (Å²) < 4.78 is 40.0. The Kier molecular flexibility index (Phi) is 5.23. The first kappa shape index (κ1) is 19.6. The normalized spacial score (nSPS) is 11.6. The highest BCUT2D eigenvalue weighted by molar-refractivity contribution is 6.31. The molecule has 0 aliphatic rings. The zero-order chi connectivity index (χ0) is 20.5. The van der Waals surface area contributed by atoms with Crippen LogP contribution >= 0.6 is 11.6 Å². The van der Waals surface area contributed by atoms with E-state index in [4.69, 9.17) is 17.3 Å². The molecule has 2 heterocycles. The third-order valence-corrected chi connectivity index (χ3v) is 4.21. The van der Waals surface area contributed by atoms with Crippen molar-refractivity contribution in [3.05, 3.63) is 64.1 Å². The zero-order valence-electron chi connectivity index (χ0n) is 14.1. The maximum Gasteiger partial charge on any atom is 0.416 e. The van der Waals surface area contributed by atoms with Crippen LogP contribution < -0.4 is 11.1 Å². The van der Waals surface area contributed by atoms with Crippen molar-refractivity contribution >= 4 is 29.1 Å². The highest BCUT2D eigenvalue weighted by atomic mass is 35.5. The van der Waals surface area contributed by atoms with Crippen molar-refractivity contribution in [3.63, 3.8) is 0 Å². The number of alkyl halides is 3. The Balaban J connectivity index is 1.86. The Bertz CT molecular complexity index is 1060. The summed E-state index contributed by atoms with van der Waals surface area (Å²) >= 11 is 6.02. The molecule has 3 aromatic rings. The van der Waals surface area contributed by atoms with Crippen LogP contribution in [-0.4, -0.2) is 33.0 Å². The number of hydrogen-bond acceptors (Lipinski definition) is 4. The number of primary amides is 1. The zero-order valence-corrected chi connectivity index (χ0v) is 14.9. The van der Waals surface area contributed by atoms with E-state index < -0.39 is 23.6 Å². The van der Waals surface area contributed by atoms with E-state index in [1.807, 2.05) is 0 Å². The van der Waals surface area contributed by atoms with Crippen molar-refractivity contribution in [2.75, 3.05) is 6.54 Å². The topological polar surface area (TPSA) is 102 Å². The van der Waals surface area contributed by atoms with Crippen molar-refractivity contribution in [2.45, 2.75) is 12.6 Å². The second kappa shape index (κ2) is 7.47. The van der Waals surface area contributed by atoms with Gasteiger partial charge in [0.05, 0.1) is 18.3 Å². The van der Waals surface area contributed by atoms with Gasteiger partial charge in [0.15, 0.2) is 5.65 Å². The van der Waals surface area contributed by atoms with Crippen molar-refractivity contribution in [2.24, 2.45) is 5.73 Å². The average Bonchev–Trinajstić information content (AvgIpc) is 3.04. The number of carbonyl (C=O) groups is 2. The molecule has 0 saturated heterocycles. The number of amides is 2. The molecule has 0 aliphatic heterocycles. The van der Waals surface area contributed by atoms with Crippen LogP contribution in [-0.2, 0) is 17.4 Å². The van der Waals surface area contributed by atoms with Gasteiger partial charge in [0, 0.05) is 23.8 Å². The van der Waals surface area contributed by atoms with Crippen LogP contribution in [0.5, 0.6) is 0 Å². The summed E-state index contributed by atoms with van der Waals surface area (Å²) in [6.07, 6.45) is -0.173. The van der Waals surface area contributed by atoms with Gasteiger partial charge in [-0.15, -0.1) is 0 Å². The fraction of sp³-hybridized carbons (Fsp3) is 0.176. The maximum atomic E-state index is 12.9. The lowest BCUT2D eigenvalue weighted by atomic mass is 10.0. The Hall–Kier alpha value is -3.14. The molecule has 0 atom stereocenters. The maximum absolute atomic E-state index is 12.9. The Labute approximate surface area is 161 Å². The number of nitrogens with zero attached hydrogens (tertiary/aromatic N) is 3. The van der Waals surface area contributed by atoms with Crippen LogP contribution in [0.3, 0.4) is 0 Å². The van der Waals surface area contributed by atoms with Gasteiger partial charge in [-0.05, 0) is 29.3 Å². The molecule has 3 rings (SSSR count). The number of halogens is 4. The predicted octanol–water partition coefficient (Wildman–Crippen LogP) is 2.21. The van der Waals surface area contributed by atoms with Crippen molar-refractivity contribution < 1.29 is 22.8 Å². The third-order valence-electron chi connectivity index (χ3n) is 3.85. The van der Waals surface area contributed by atoms with Gasteiger partial charge < -0.3 is 11.1 Å². The van der Waals surface area contributed by atoms with Crippen LogP contribution in [0.2, 0.25) is 5.02 Å². The van der Waals surface area contributed by atoms with E-state index in [9.17, 15) is 22.8 Å². The highest BCUT2D eigenvalue weighted by Crippen LogP contribution is 2.32. The predicted molar refractivity (Wildman–Crippen MR) is 93.8 cm³/mol. The lowest BCUT2D eigenvalue weighted by molar-refractivity contribution is -0.137. The van der Waals surface area contributed by atoms with Gasteiger partial charge in [0.2, 0.25) is 5.91 Å². The number of rotatable bonds is 5. The summed E-state index contributed by atoms with van der Waals surface area (Å²) in [7, 11) is 0. The van der Waals surface area contributed by atoms with Crippen LogP contribution in [0, 0.1) is 0 Å². The molecular weight excluding hydrogens is 399 g/mol. The number of aromatic nitrogens is 3. The minimum absolute atomic E-state index is 0.0920. The van der Waals surface area contributed by atoms with E-state index in [1.165, 1.54) is 29.2 Å². The van der Waals surface area contributed by atoms with Crippen LogP contribution in [0.4, 0.5) is 13.2 Å². The van der Waals surface area contributed by atoms with E-state index in [1.54, 1.807) is 0 Å². The molecule has 7 nitrogen and oxygen atoms in total. The van der Waals surface area contributed by atoms with E-state index in [-0.39, 0.29) is 34.8 Å². The number of benzene rings is 1. The van der Waals surface area contributed by atoms with Gasteiger partial charge in [0.1, 0.15) is 5.56 Å². The summed E-state index contributed by atoms with van der Waals surface area (Å²) in [6.45, 7) is -0.331. The molecule has 0 bridgehead atoms. The van der Waals surface area contributed by atoms with Gasteiger partial charge in [-0.3, -0.25) is 9.59 Å². The van der Waals surface area contributed by atoms with Gasteiger partial charge in [0.25, 0.3) is 5.91 Å². The van der Waals surface area contributed by atoms with Crippen molar-refractivity contribution in [1.29, 1.82) is 0 Å². The quantitative estimate of drug-likeness (QED) is 0.672. The minimum atomic E-state index is -4.48. The summed E-state index contributed by atoms with van der Waals surface area (Å²) in [5, 5.41) is 6.54. The van der Waals surface area contributed by atoms with Crippen LogP contribution in [0.25, 0.3) is 5.65 Å². The van der Waals surface area contributed by atoms with E-state index in [2.05, 4.69) is 15.4 Å². The largest absolute Gasteiger partial charge is 0.416 e. The number of nitrogens with two attached hydrogens (primary N) is 1. The summed E-state index contributed by atoms with van der Waals surface area (Å²) in [6, 6.07) is 3.09. The Morgan fingerprint density at radius 3 is 2.68 bits per heavy atom. The summed E-state index contributed by atoms with van der Waals surface area (Å²) in [5.41, 5.74) is 5.36. The first-order valence-electron chi connectivity index (χ1n) is 7.89. The van der Waals surface area contributed by atoms with E-state index >= 15 is 0 Å². The van der Waals surface area contributed by atoms with Crippen LogP contribution in [0.15, 0.2) is 36.8 Å². The Morgan fingerprint density at radius 1 is 1.25 bits per heavy atom. The lowest BCUT2D eigenvalue weighted by Gasteiger charge is -2.10. The minimum Gasteiger partial charge on any atom is -0.368 e. The van der Waals surface area contributed by atoms with Gasteiger partial charge >= 0.3 is 6.18 Å². The molecule has 0 fully saturated rings. The molecule has 11 heteroatoms. The van der Waals surface area contributed by atoms with E-state index in [0.717, 1.165) is 12.1 Å². The molecule has 0 spiro atoms. The van der Waals surface area contributed by atoms with Crippen LogP contribution in [0.1, 0.15) is 27.0 Å². The van der Waals surface area contributed by atoms with Gasteiger partial charge in [-0.2, -0.15) is 18.3 Å². The number of fused-ring (bicyclic) bond motifs is 1. The molecule has 2 amide bonds. The second-order valence-corrected chi connectivity index (χ2v) is 6.33. The molecule has 2 aromatic heterocycles. The molecule has 28 heavy (non-hydrogen) atoms. The Morgan fingerprint density at radius 2 is 2.00 bits per heavy atom. The molecule has 0 aliphatic carbocycles. The van der Waals surface area contributed by atoms with Gasteiger partial charge in [-0.1, -0.05) is 11.6 Å². The molecule has 0 unspecified atom stereocenters. The SMILES string of the molecule is NC(=O)CNC(=O)c1cnn2cc(Cc3cc(C(F)(F)F)ccc3Cl)cnc12. The first-order chi connectivity index (χ1) is 13.1. The average molecular weight is 412 g/mol. The fourth-order valence-electron chi connectivity index (χ4n) is 2.53. The standard InChI is InChI=1S/C17H13ClF3N5O2/c18-13-2-1-11(17(19,20)21)4-10(13)3-9-5-23-15-12(6-25-26(15)8-9)16(28)24-7-14(22)27/h1-2,4-6,8H,3,7H2,(H2,22,27)(H,24,28). The number of nitrogens with one attached hydrogen (secondary N) is 1. The summed E-state index contributed by atoms with van der Waals surface area (Å²) in [4.78, 5) is 26.9. The molecule has 3 N–H and O–H groups in total. The van der Waals surface area contributed by atoms with Crippen molar-refractivity contribution in [1.82, 2.24) is 19.9 Å². The number of hydrogen-bond donors (Lipinski definition) is 2. The number of carbonyl (C=O) groups excluding carboxylic acids is 2. The third kappa shape index (κ3) is 4.22. The molecule has 0 radical (unpaired) electrons. The monoisotopic (exact) mass is 411 g/mol. The summed E-state index contributed by atoms with van der Waals surface area (Å²) in [5.74, 6) is -1.27. The molecule has 146 valence electrons. The highest BCUT2D eigenvalue weighted by Gasteiger charge is 2.30. The van der Waals surface area contributed by atoms with Gasteiger partial charge in [-0.25, -0.2) is 9.50 Å². The van der Waals surface area contributed by atoms with Crippen molar-refractivity contribution in [3.8, 4) is 0 Å².